The largest absolute Gasteiger partial charge is 0.315 e. The molecule has 1 N–H and O–H groups in total. The molecule has 0 fully saturated rings. The molecule has 1 rings (SSSR count). The first kappa shape index (κ1) is 14.5. The van der Waals surface area contributed by atoms with Crippen LogP contribution in [-0.4, -0.2) is 12.6 Å². The van der Waals surface area contributed by atoms with Gasteiger partial charge in [-0.25, -0.2) is 0 Å². The highest BCUT2D eigenvalue weighted by atomic mass is 79.9. The van der Waals surface area contributed by atoms with Crippen LogP contribution in [0.4, 0.5) is 0 Å². The average molecular weight is 325 g/mol. The molecule has 0 saturated carbocycles. The Balaban J connectivity index is 2.62. The van der Waals surface area contributed by atoms with Crippen LogP contribution in [0, 0.1) is 0 Å². The molecule has 0 radical (unpaired) electrons. The topological polar surface area (TPSA) is 12.0 Å². The maximum Gasteiger partial charge on any atom is 0.0887 e. The van der Waals surface area contributed by atoms with Crippen molar-refractivity contribution < 1.29 is 0 Å². The van der Waals surface area contributed by atoms with Crippen molar-refractivity contribution >= 4 is 38.9 Å². The van der Waals surface area contributed by atoms with Gasteiger partial charge in [-0.2, -0.15) is 0 Å². The molecule has 1 nitrogen and oxygen atoms in total. The minimum absolute atomic E-state index is 0.183. The van der Waals surface area contributed by atoms with E-state index in [1.807, 2.05) is 0 Å². The van der Waals surface area contributed by atoms with E-state index in [-0.39, 0.29) is 5.41 Å². The first-order valence-corrected chi connectivity index (χ1v) is 7.50. The summed E-state index contributed by atoms with van der Waals surface area (Å²) >= 11 is 11.3. The highest BCUT2D eigenvalue weighted by Gasteiger charge is 2.23. The van der Waals surface area contributed by atoms with Crippen LogP contribution in [0.5, 0.6) is 0 Å². The molecule has 1 aromatic rings. The highest BCUT2D eigenvalue weighted by Crippen LogP contribution is 2.39. The van der Waals surface area contributed by atoms with Crippen molar-refractivity contribution in [2.75, 3.05) is 6.54 Å². The van der Waals surface area contributed by atoms with Gasteiger partial charge in [0.15, 0.2) is 0 Å². The van der Waals surface area contributed by atoms with Crippen molar-refractivity contribution in [3.8, 4) is 0 Å². The molecule has 0 aliphatic rings. The van der Waals surface area contributed by atoms with Gasteiger partial charge in [-0.1, -0.05) is 39.3 Å². The van der Waals surface area contributed by atoms with E-state index in [1.165, 1.54) is 4.88 Å². The normalized spacial score (nSPS) is 12.4. The van der Waals surface area contributed by atoms with Crippen LogP contribution < -0.4 is 5.32 Å². The Kier molecular flexibility index (Phi) is 5.30. The molecule has 0 unspecified atom stereocenters. The van der Waals surface area contributed by atoms with Crippen LogP contribution in [0.3, 0.4) is 0 Å². The third-order valence-electron chi connectivity index (χ3n) is 2.61. The Bertz CT molecular complexity index is 327. The van der Waals surface area contributed by atoms with Crippen LogP contribution in [0.1, 0.15) is 39.0 Å². The molecule has 0 spiro atoms. The van der Waals surface area contributed by atoms with E-state index in [2.05, 4.69) is 55.0 Å². The fourth-order valence-corrected chi connectivity index (χ4v) is 3.31. The summed E-state index contributed by atoms with van der Waals surface area (Å²) in [7, 11) is 0. The smallest absolute Gasteiger partial charge is 0.0887 e. The molecule has 0 aromatic carbocycles. The molecule has 16 heavy (non-hydrogen) atoms. The molecule has 0 bridgehead atoms. The maximum absolute atomic E-state index is 6.07. The van der Waals surface area contributed by atoms with Crippen molar-refractivity contribution in [3.05, 3.63) is 19.8 Å². The first-order valence-electron chi connectivity index (χ1n) is 5.51. The van der Waals surface area contributed by atoms with Crippen LogP contribution in [0.15, 0.2) is 9.85 Å². The van der Waals surface area contributed by atoms with E-state index in [9.17, 15) is 0 Å². The molecule has 92 valence electrons. The predicted octanol–water partition coefficient (Wildman–Crippen LogP) is 4.83. The molecule has 0 amide bonds. The minimum atomic E-state index is 0.183. The van der Waals surface area contributed by atoms with Gasteiger partial charge in [-0.15, -0.1) is 11.3 Å². The van der Waals surface area contributed by atoms with Crippen molar-refractivity contribution in [1.82, 2.24) is 5.32 Å². The van der Waals surface area contributed by atoms with Crippen molar-refractivity contribution in [1.29, 1.82) is 0 Å². The van der Waals surface area contributed by atoms with Crippen LogP contribution in [0.2, 0.25) is 5.02 Å². The number of thiophene rings is 1. The fourth-order valence-electron chi connectivity index (χ4n) is 1.48. The lowest BCUT2D eigenvalue weighted by molar-refractivity contribution is 0.448. The molecule has 0 saturated heterocycles. The summed E-state index contributed by atoms with van der Waals surface area (Å²) in [5.74, 6) is 0. The van der Waals surface area contributed by atoms with E-state index >= 15 is 0 Å². The zero-order valence-electron chi connectivity index (χ0n) is 10.2. The van der Waals surface area contributed by atoms with Gasteiger partial charge in [0.05, 0.1) is 8.81 Å². The number of nitrogens with one attached hydrogen (secondary N) is 1. The van der Waals surface area contributed by atoms with E-state index in [4.69, 9.17) is 11.6 Å². The maximum atomic E-state index is 6.07. The quantitative estimate of drug-likeness (QED) is 0.818. The Morgan fingerprint density at radius 2 is 2.12 bits per heavy atom. The van der Waals surface area contributed by atoms with E-state index in [0.29, 0.717) is 6.04 Å². The Hall–Kier alpha value is 0.430. The molecule has 0 aliphatic heterocycles. The monoisotopic (exact) mass is 323 g/mol. The second-order valence-electron chi connectivity index (χ2n) is 4.98. The van der Waals surface area contributed by atoms with Gasteiger partial charge in [0.25, 0.3) is 0 Å². The van der Waals surface area contributed by atoms with Gasteiger partial charge >= 0.3 is 0 Å². The van der Waals surface area contributed by atoms with Crippen LogP contribution >= 0.6 is 38.9 Å². The molecular weight excluding hydrogens is 306 g/mol. The summed E-state index contributed by atoms with van der Waals surface area (Å²) in [4.78, 5) is 1.34. The zero-order valence-corrected chi connectivity index (χ0v) is 13.4. The molecule has 4 heteroatoms. The van der Waals surface area contributed by atoms with Crippen molar-refractivity contribution in [2.45, 2.75) is 45.6 Å². The summed E-state index contributed by atoms with van der Waals surface area (Å²) < 4.78 is 1.04. The first-order chi connectivity index (χ1) is 7.33. The fraction of sp³-hybridized carbons (Fsp3) is 0.667. The van der Waals surface area contributed by atoms with Gasteiger partial charge in [0.1, 0.15) is 0 Å². The minimum Gasteiger partial charge on any atom is -0.315 e. The number of halogens is 2. The lowest BCUT2D eigenvalue weighted by atomic mass is 9.87. The highest BCUT2D eigenvalue weighted by molar-refractivity contribution is 9.11. The summed E-state index contributed by atoms with van der Waals surface area (Å²) in [5.41, 5.74) is 0.183. The van der Waals surface area contributed by atoms with Crippen molar-refractivity contribution in [2.24, 2.45) is 0 Å². The van der Waals surface area contributed by atoms with Gasteiger partial charge < -0.3 is 5.32 Å². The number of hydrogen-bond acceptors (Lipinski definition) is 2. The zero-order chi connectivity index (χ0) is 12.3. The van der Waals surface area contributed by atoms with Crippen LogP contribution in [0.25, 0.3) is 0 Å². The second-order valence-corrected chi connectivity index (χ2v) is 7.75. The molecule has 1 aromatic heterocycles. The lowest BCUT2D eigenvalue weighted by Crippen LogP contribution is -2.29. The molecule has 0 aliphatic carbocycles. The SMILES string of the molecule is CC(C)NCCC(C)(C)c1cc(Cl)c(Br)s1. The van der Waals surface area contributed by atoms with Gasteiger partial charge in [-0.05, 0) is 35.0 Å². The molecule has 1 heterocycles. The second kappa shape index (κ2) is 5.85. The Morgan fingerprint density at radius 3 is 2.56 bits per heavy atom. The summed E-state index contributed by atoms with van der Waals surface area (Å²) in [5, 5.41) is 4.28. The van der Waals surface area contributed by atoms with Gasteiger partial charge in [0, 0.05) is 16.3 Å². The predicted molar refractivity (Wildman–Crippen MR) is 77.8 cm³/mol. The van der Waals surface area contributed by atoms with E-state index < -0.39 is 0 Å². The summed E-state index contributed by atoms with van der Waals surface area (Å²) in [6.07, 6.45) is 1.12. The summed E-state index contributed by atoms with van der Waals surface area (Å²) in [6.45, 7) is 9.92. The Morgan fingerprint density at radius 1 is 1.50 bits per heavy atom. The number of hydrogen-bond donors (Lipinski definition) is 1. The average Bonchev–Trinajstić information content (AvgIpc) is 2.46. The lowest BCUT2D eigenvalue weighted by Gasteiger charge is -2.24. The molecule has 0 atom stereocenters. The van der Waals surface area contributed by atoms with Crippen molar-refractivity contribution in [3.63, 3.8) is 0 Å². The van der Waals surface area contributed by atoms with Crippen LogP contribution in [-0.2, 0) is 5.41 Å². The summed E-state index contributed by atoms with van der Waals surface area (Å²) in [6, 6.07) is 2.63. The third kappa shape index (κ3) is 4.02. The van der Waals surface area contributed by atoms with E-state index in [1.54, 1.807) is 11.3 Å². The Labute approximate surface area is 116 Å². The number of rotatable bonds is 5. The third-order valence-corrected chi connectivity index (χ3v) is 5.46. The van der Waals surface area contributed by atoms with Gasteiger partial charge in [-0.3, -0.25) is 0 Å². The van der Waals surface area contributed by atoms with Gasteiger partial charge in [0.2, 0.25) is 0 Å². The van der Waals surface area contributed by atoms with E-state index in [0.717, 1.165) is 21.8 Å². The standard InChI is InChI=1S/C12H19BrClNS/c1-8(2)15-6-5-12(3,4)10-7-9(14)11(13)16-10/h7-8,15H,5-6H2,1-4H3. The molecular formula is C12H19BrClNS.